The number of phenolic OH excluding ortho intramolecular Hbond substituents is 1. The van der Waals surface area contributed by atoms with Crippen LogP contribution < -0.4 is 10.2 Å². The Morgan fingerprint density at radius 1 is 1.23 bits per heavy atom. The number of ether oxygens (including phenoxy) is 1. The fraction of sp³-hybridized carbons (Fsp3) is 0.182. The summed E-state index contributed by atoms with van der Waals surface area (Å²) in [7, 11) is 0. The molecule has 3 rings (SSSR count). The van der Waals surface area contributed by atoms with Crippen molar-refractivity contribution >= 4 is 52.0 Å². The first-order valence-corrected chi connectivity index (χ1v) is 10.7. The zero-order valence-electron chi connectivity index (χ0n) is 16.8. The number of nitrogens with one attached hydrogen (secondary N) is 1. The van der Waals surface area contributed by atoms with Crippen LogP contribution in [0.3, 0.4) is 0 Å². The third-order valence-electron chi connectivity index (χ3n) is 4.45. The van der Waals surface area contributed by atoms with Gasteiger partial charge < -0.3 is 9.84 Å². The molecule has 9 heteroatoms. The number of amides is 2. The van der Waals surface area contributed by atoms with Crippen LogP contribution in [0.1, 0.15) is 36.2 Å². The maximum Gasteiger partial charge on any atom is 0.285 e. The van der Waals surface area contributed by atoms with E-state index in [1.165, 1.54) is 19.1 Å². The number of Topliss-reactive ketones (excluding diaryl/α,β-unsaturated/α-hetero) is 1. The molecule has 0 aromatic heterocycles. The van der Waals surface area contributed by atoms with E-state index >= 15 is 0 Å². The predicted octanol–water partition coefficient (Wildman–Crippen LogP) is 3.68. The lowest BCUT2D eigenvalue weighted by Gasteiger charge is -2.17. The Labute approximate surface area is 189 Å². The number of carbonyl (C=O) groups is 3. The van der Waals surface area contributed by atoms with Crippen molar-refractivity contribution in [3.8, 4) is 11.5 Å². The highest BCUT2D eigenvalue weighted by molar-refractivity contribution is 8.26. The predicted molar refractivity (Wildman–Crippen MR) is 122 cm³/mol. The van der Waals surface area contributed by atoms with Crippen molar-refractivity contribution in [1.82, 2.24) is 10.4 Å². The number of hydrazine groups is 1. The summed E-state index contributed by atoms with van der Waals surface area (Å²) in [5.41, 5.74) is 3.06. The van der Waals surface area contributed by atoms with Crippen LogP contribution >= 0.6 is 24.0 Å². The van der Waals surface area contributed by atoms with Gasteiger partial charge in [-0.1, -0.05) is 49.0 Å². The smallest absolute Gasteiger partial charge is 0.285 e. The molecule has 1 fully saturated rings. The summed E-state index contributed by atoms with van der Waals surface area (Å²) < 4.78 is 5.98. The van der Waals surface area contributed by atoms with Crippen LogP contribution in [0.15, 0.2) is 53.4 Å². The summed E-state index contributed by atoms with van der Waals surface area (Å²) in [5, 5.41) is 10.8. The van der Waals surface area contributed by atoms with Crippen LogP contribution in [0.4, 0.5) is 0 Å². The SMILES string of the molecule is CCC(Oc1ccccc1/C=C1\SC(=S)N(NC(=O)c2ccccc2O)C1=O)C(C)=O. The zero-order chi connectivity index (χ0) is 22.5. The van der Waals surface area contributed by atoms with E-state index < -0.39 is 17.9 Å². The normalized spacial score (nSPS) is 15.8. The number of nitrogens with zero attached hydrogens (tertiary/aromatic N) is 1. The van der Waals surface area contributed by atoms with Crippen molar-refractivity contribution in [2.45, 2.75) is 26.4 Å². The van der Waals surface area contributed by atoms with Gasteiger partial charge in [-0.3, -0.25) is 19.8 Å². The Bertz CT molecular complexity index is 1080. The molecule has 0 radical (unpaired) electrons. The van der Waals surface area contributed by atoms with E-state index in [0.29, 0.717) is 17.7 Å². The Kier molecular flexibility index (Phi) is 7.09. The number of para-hydroxylation sites is 2. The molecule has 1 saturated heterocycles. The summed E-state index contributed by atoms with van der Waals surface area (Å²) >= 11 is 6.27. The number of carbonyl (C=O) groups excluding carboxylic acids is 3. The number of thiocarbonyl (C=S) groups is 1. The number of rotatable bonds is 7. The van der Waals surface area contributed by atoms with Crippen LogP contribution in [-0.4, -0.2) is 38.1 Å². The van der Waals surface area contributed by atoms with Gasteiger partial charge in [0, 0.05) is 5.56 Å². The molecule has 31 heavy (non-hydrogen) atoms. The third-order valence-corrected chi connectivity index (χ3v) is 5.76. The van der Waals surface area contributed by atoms with Gasteiger partial charge in [-0.2, -0.15) is 5.01 Å². The molecule has 0 aliphatic carbocycles. The summed E-state index contributed by atoms with van der Waals surface area (Å²) in [5.74, 6) is -0.995. The van der Waals surface area contributed by atoms with Gasteiger partial charge in [-0.25, -0.2) is 0 Å². The second kappa shape index (κ2) is 9.76. The van der Waals surface area contributed by atoms with Crippen molar-refractivity contribution in [1.29, 1.82) is 0 Å². The van der Waals surface area contributed by atoms with Crippen LogP contribution in [0.5, 0.6) is 11.5 Å². The Morgan fingerprint density at radius 3 is 2.58 bits per heavy atom. The summed E-state index contributed by atoms with van der Waals surface area (Å²) in [4.78, 5) is 37.3. The molecule has 2 amide bonds. The van der Waals surface area contributed by atoms with Gasteiger partial charge in [0.2, 0.25) is 0 Å². The van der Waals surface area contributed by atoms with E-state index in [0.717, 1.165) is 16.8 Å². The lowest BCUT2D eigenvalue weighted by atomic mass is 10.1. The van der Waals surface area contributed by atoms with Crippen LogP contribution in [-0.2, 0) is 9.59 Å². The Morgan fingerprint density at radius 2 is 1.90 bits per heavy atom. The Balaban J connectivity index is 1.82. The van der Waals surface area contributed by atoms with Gasteiger partial charge in [0.25, 0.3) is 11.8 Å². The highest BCUT2D eigenvalue weighted by atomic mass is 32.2. The molecule has 1 atom stereocenters. The highest BCUT2D eigenvalue weighted by Gasteiger charge is 2.34. The van der Waals surface area contributed by atoms with Crippen molar-refractivity contribution in [2.75, 3.05) is 0 Å². The fourth-order valence-corrected chi connectivity index (χ4v) is 4.02. The summed E-state index contributed by atoms with van der Waals surface area (Å²) in [6, 6.07) is 13.0. The average molecular weight is 457 g/mol. The molecule has 2 aromatic carbocycles. The first-order valence-electron chi connectivity index (χ1n) is 9.45. The molecule has 0 saturated carbocycles. The average Bonchev–Trinajstić information content (AvgIpc) is 3.00. The molecule has 7 nitrogen and oxygen atoms in total. The first-order chi connectivity index (χ1) is 14.8. The number of phenols is 1. The van der Waals surface area contributed by atoms with Crippen molar-refractivity contribution < 1.29 is 24.2 Å². The molecule has 0 spiro atoms. The largest absolute Gasteiger partial charge is 0.507 e. The maximum atomic E-state index is 12.8. The number of hydrogen-bond acceptors (Lipinski definition) is 7. The summed E-state index contributed by atoms with van der Waals surface area (Å²) in [6.45, 7) is 3.32. The number of ketones is 1. The number of hydrogen-bond donors (Lipinski definition) is 2. The summed E-state index contributed by atoms with van der Waals surface area (Å²) in [6.07, 6.45) is 1.54. The monoisotopic (exact) mass is 456 g/mol. The van der Waals surface area contributed by atoms with E-state index in [9.17, 15) is 19.5 Å². The molecule has 160 valence electrons. The van der Waals surface area contributed by atoms with Crippen molar-refractivity contribution in [3.05, 3.63) is 64.6 Å². The van der Waals surface area contributed by atoms with E-state index in [2.05, 4.69) is 5.43 Å². The number of thioether (sulfide) groups is 1. The van der Waals surface area contributed by atoms with Gasteiger partial charge in [0.1, 0.15) is 11.5 Å². The van der Waals surface area contributed by atoms with E-state index in [1.807, 2.05) is 6.92 Å². The molecule has 1 aliphatic heterocycles. The van der Waals surface area contributed by atoms with Gasteiger partial charge in [-0.05, 0) is 49.8 Å². The van der Waals surface area contributed by atoms with Gasteiger partial charge >= 0.3 is 0 Å². The topological polar surface area (TPSA) is 95.9 Å². The Hall–Kier alpha value is -3.17. The maximum absolute atomic E-state index is 12.8. The minimum absolute atomic E-state index is 0.0223. The minimum atomic E-state index is -0.661. The highest BCUT2D eigenvalue weighted by Crippen LogP contribution is 2.34. The van der Waals surface area contributed by atoms with Gasteiger partial charge in [0.05, 0.1) is 10.5 Å². The van der Waals surface area contributed by atoms with Crippen LogP contribution in [0, 0.1) is 0 Å². The molecule has 0 bridgehead atoms. The van der Waals surface area contributed by atoms with Crippen LogP contribution in [0.2, 0.25) is 0 Å². The third kappa shape index (κ3) is 5.12. The molecule has 2 N–H and O–H groups in total. The molecular weight excluding hydrogens is 436 g/mol. The van der Waals surface area contributed by atoms with E-state index in [1.54, 1.807) is 42.5 Å². The van der Waals surface area contributed by atoms with Crippen LogP contribution in [0.25, 0.3) is 6.08 Å². The van der Waals surface area contributed by atoms with Gasteiger partial charge in [0.15, 0.2) is 16.2 Å². The van der Waals surface area contributed by atoms with Gasteiger partial charge in [-0.15, -0.1) is 0 Å². The van der Waals surface area contributed by atoms with Crippen molar-refractivity contribution in [2.24, 2.45) is 0 Å². The number of benzene rings is 2. The molecule has 1 heterocycles. The van der Waals surface area contributed by atoms with Crippen molar-refractivity contribution in [3.63, 3.8) is 0 Å². The van der Waals surface area contributed by atoms with E-state index in [-0.39, 0.29) is 26.3 Å². The first kappa shape index (κ1) is 22.5. The molecule has 1 unspecified atom stereocenters. The lowest BCUT2D eigenvalue weighted by molar-refractivity contribution is -0.124. The van der Waals surface area contributed by atoms with E-state index in [4.69, 9.17) is 17.0 Å². The second-order valence-corrected chi connectivity index (χ2v) is 8.31. The lowest BCUT2D eigenvalue weighted by Crippen LogP contribution is -2.44. The quantitative estimate of drug-likeness (QED) is 0.485. The fourth-order valence-electron chi connectivity index (χ4n) is 2.85. The molecule has 1 aliphatic rings. The zero-order valence-corrected chi connectivity index (χ0v) is 18.5. The number of aromatic hydroxyl groups is 1. The second-order valence-electron chi connectivity index (χ2n) is 6.64. The minimum Gasteiger partial charge on any atom is -0.507 e. The molecular formula is C22H20N2O5S2. The standard InChI is InChI=1S/C22H20N2O5S2/c1-3-17(13(2)25)29-18-11-7-4-8-14(18)12-19-21(28)24(22(30)31-19)23-20(27)15-9-5-6-10-16(15)26/h4-12,17,26H,3H2,1-2H3,(H,23,27)/b19-12-. The molecule has 2 aromatic rings.